The molecule has 0 unspecified atom stereocenters. The predicted molar refractivity (Wildman–Crippen MR) is 88.5 cm³/mol. The average Bonchev–Trinajstić information content (AvgIpc) is 2.41. The molecule has 1 rings (SSSR count). The van der Waals surface area contributed by atoms with Crippen molar-refractivity contribution in [3.8, 4) is 0 Å². The summed E-state index contributed by atoms with van der Waals surface area (Å²) in [4.78, 5) is 7.27. The van der Waals surface area contributed by atoms with E-state index in [9.17, 15) is 0 Å². The van der Waals surface area contributed by atoms with Crippen LogP contribution in [0.1, 0.15) is 59.2 Å². The fourth-order valence-corrected chi connectivity index (χ4v) is 2.19. The number of nitrogens with one attached hydrogen (secondary N) is 1. The first-order valence-electron chi connectivity index (χ1n) is 7.89. The molecule has 1 N–H and O–H groups in total. The molecule has 0 fully saturated rings. The number of pyridine rings is 1. The molecule has 0 radical (unpaired) electrons. The number of hydrogen-bond donors (Lipinski definition) is 1. The minimum atomic E-state index is 0.0859. The van der Waals surface area contributed by atoms with Crippen molar-refractivity contribution < 1.29 is 0 Å². The first-order chi connectivity index (χ1) is 9.42. The lowest BCUT2D eigenvalue weighted by Crippen LogP contribution is -2.26. The molecule has 0 aromatic carbocycles. The first-order valence-corrected chi connectivity index (χ1v) is 7.89. The number of anilines is 1. The molecule has 3 heteroatoms. The van der Waals surface area contributed by atoms with Crippen LogP contribution < -0.4 is 10.2 Å². The van der Waals surface area contributed by atoms with Crippen LogP contribution in [-0.4, -0.2) is 24.6 Å². The van der Waals surface area contributed by atoms with Crippen LogP contribution >= 0.6 is 0 Å². The summed E-state index contributed by atoms with van der Waals surface area (Å²) in [6.45, 7) is 17.2. The summed E-state index contributed by atoms with van der Waals surface area (Å²) in [5, 5.41) is 3.41. The Hall–Kier alpha value is -1.09. The highest BCUT2D eigenvalue weighted by atomic mass is 15.2. The van der Waals surface area contributed by atoms with Crippen molar-refractivity contribution in [3.63, 3.8) is 0 Å². The Kier molecular flexibility index (Phi) is 6.47. The van der Waals surface area contributed by atoms with E-state index in [4.69, 9.17) is 4.98 Å². The molecule has 1 aromatic heterocycles. The van der Waals surface area contributed by atoms with Crippen LogP contribution in [0, 0.1) is 0 Å². The molecule has 0 spiro atoms. The van der Waals surface area contributed by atoms with Gasteiger partial charge < -0.3 is 10.2 Å². The zero-order chi connectivity index (χ0) is 15.2. The van der Waals surface area contributed by atoms with Gasteiger partial charge in [-0.1, -0.05) is 34.6 Å². The smallest absolute Gasteiger partial charge is 0.129 e. The van der Waals surface area contributed by atoms with Gasteiger partial charge in [-0.05, 0) is 37.6 Å². The molecule has 20 heavy (non-hydrogen) atoms. The third-order valence-corrected chi connectivity index (χ3v) is 3.42. The van der Waals surface area contributed by atoms with Gasteiger partial charge in [0, 0.05) is 30.7 Å². The molecule has 0 aliphatic rings. The molecule has 0 atom stereocenters. The molecule has 3 nitrogen and oxygen atoms in total. The Morgan fingerprint density at radius 1 is 1.15 bits per heavy atom. The predicted octanol–water partition coefficient (Wildman–Crippen LogP) is 3.72. The first kappa shape index (κ1) is 17.0. The van der Waals surface area contributed by atoms with E-state index in [0.29, 0.717) is 0 Å². The second kappa shape index (κ2) is 7.63. The van der Waals surface area contributed by atoms with Gasteiger partial charge in [-0.15, -0.1) is 0 Å². The lowest BCUT2D eigenvalue weighted by atomic mass is 9.90. The molecule has 0 bridgehead atoms. The van der Waals surface area contributed by atoms with E-state index in [-0.39, 0.29) is 5.41 Å². The molecular weight excluding hydrogens is 246 g/mol. The Morgan fingerprint density at radius 2 is 1.85 bits per heavy atom. The Labute approximate surface area is 124 Å². The Balaban J connectivity index is 3.14. The summed E-state index contributed by atoms with van der Waals surface area (Å²) in [5.74, 6) is 1.12. The van der Waals surface area contributed by atoms with E-state index in [1.807, 2.05) is 0 Å². The van der Waals surface area contributed by atoms with Crippen molar-refractivity contribution in [1.82, 2.24) is 10.3 Å². The summed E-state index contributed by atoms with van der Waals surface area (Å²) in [6, 6.07) is 4.48. The molecule has 1 heterocycles. The van der Waals surface area contributed by atoms with Crippen LogP contribution in [0.5, 0.6) is 0 Å². The SMILES string of the molecule is CCCN(CC)c1cc(CNCC)cc(C(C)(C)C)n1. The van der Waals surface area contributed by atoms with Gasteiger partial charge in [0.15, 0.2) is 0 Å². The summed E-state index contributed by atoms with van der Waals surface area (Å²) < 4.78 is 0. The maximum Gasteiger partial charge on any atom is 0.129 e. The lowest BCUT2D eigenvalue weighted by molar-refractivity contribution is 0.565. The third kappa shape index (κ3) is 4.78. The molecule has 0 aliphatic carbocycles. The maximum atomic E-state index is 4.90. The van der Waals surface area contributed by atoms with Crippen LogP contribution in [0.3, 0.4) is 0 Å². The zero-order valence-corrected chi connectivity index (χ0v) is 14.1. The summed E-state index contributed by atoms with van der Waals surface area (Å²) >= 11 is 0. The second-order valence-electron chi connectivity index (χ2n) is 6.33. The minimum Gasteiger partial charge on any atom is -0.357 e. The van der Waals surface area contributed by atoms with Gasteiger partial charge in [0.05, 0.1) is 0 Å². The standard InChI is InChI=1S/C17H31N3/c1-7-10-20(9-3)16-12-14(13-18-8-2)11-15(19-16)17(4,5)6/h11-12,18H,7-10,13H2,1-6H3. The van der Waals surface area contributed by atoms with Crippen molar-refractivity contribution in [3.05, 3.63) is 23.4 Å². The molecule has 0 saturated heterocycles. The van der Waals surface area contributed by atoms with E-state index in [2.05, 4.69) is 63.9 Å². The van der Waals surface area contributed by atoms with Gasteiger partial charge in [-0.3, -0.25) is 0 Å². The number of nitrogens with zero attached hydrogens (tertiary/aromatic N) is 2. The average molecular weight is 277 g/mol. The Bertz CT molecular complexity index is 407. The van der Waals surface area contributed by atoms with Crippen LogP contribution in [-0.2, 0) is 12.0 Å². The largest absolute Gasteiger partial charge is 0.357 e. The molecular formula is C17H31N3. The highest BCUT2D eigenvalue weighted by Gasteiger charge is 2.18. The monoisotopic (exact) mass is 277 g/mol. The Morgan fingerprint density at radius 3 is 2.35 bits per heavy atom. The molecule has 114 valence electrons. The van der Waals surface area contributed by atoms with E-state index in [1.165, 1.54) is 11.3 Å². The van der Waals surface area contributed by atoms with E-state index >= 15 is 0 Å². The van der Waals surface area contributed by atoms with Gasteiger partial charge in [0.25, 0.3) is 0 Å². The molecule has 0 saturated carbocycles. The van der Waals surface area contributed by atoms with Gasteiger partial charge in [0.1, 0.15) is 5.82 Å². The van der Waals surface area contributed by atoms with Gasteiger partial charge >= 0.3 is 0 Å². The highest BCUT2D eigenvalue weighted by molar-refractivity contribution is 5.43. The zero-order valence-electron chi connectivity index (χ0n) is 14.1. The van der Waals surface area contributed by atoms with E-state index < -0.39 is 0 Å². The highest BCUT2D eigenvalue weighted by Crippen LogP contribution is 2.25. The minimum absolute atomic E-state index is 0.0859. The molecule has 0 amide bonds. The summed E-state index contributed by atoms with van der Waals surface area (Å²) in [6.07, 6.45) is 1.15. The van der Waals surface area contributed by atoms with Gasteiger partial charge in [0.2, 0.25) is 0 Å². The van der Waals surface area contributed by atoms with Crippen LogP contribution in [0.4, 0.5) is 5.82 Å². The fraction of sp³-hybridized carbons (Fsp3) is 0.706. The summed E-state index contributed by atoms with van der Waals surface area (Å²) in [7, 11) is 0. The lowest BCUT2D eigenvalue weighted by Gasteiger charge is -2.26. The van der Waals surface area contributed by atoms with Crippen molar-refractivity contribution in [2.24, 2.45) is 0 Å². The van der Waals surface area contributed by atoms with Gasteiger partial charge in [-0.25, -0.2) is 4.98 Å². The van der Waals surface area contributed by atoms with Crippen LogP contribution in [0.2, 0.25) is 0 Å². The molecule has 1 aromatic rings. The van der Waals surface area contributed by atoms with E-state index in [1.54, 1.807) is 0 Å². The third-order valence-electron chi connectivity index (χ3n) is 3.42. The normalized spacial score (nSPS) is 11.7. The van der Waals surface area contributed by atoms with Crippen molar-refractivity contribution in [2.45, 2.75) is 59.9 Å². The van der Waals surface area contributed by atoms with Crippen molar-refractivity contribution in [1.29, 1.82) is 0 Å². The van der Waals surface area contributed by atoms with E-state index in [0.717, 1.165) is 38.4 Å². The fourth-order valence-electron chi connectivity index (χ4n) is 2.19. The van der Waals surface area contributed by atoms with Crippen LogP contribution in [0.15, 0.2) is 12.1 Å². The maximum absolute atomic E-state index is 4.90. The number of aromatic nitrogens is 1. The molecule has 0 aliphatic heterocycles. The van der Waals surface area contributed by atoms with Crippen molar-refractivity contribution >= 4 is 5.82 Å². The van der Waals surface area contributed by atoms with Gasteiger partial charge in [-0.2, -0.15) is 0 Å². The van der Waals surface area contributed by atoms with Crippen molar-refractivity contribution in [2.75, 3.05) is 24.5 Å². The number of rotatable bonds is 7. The quantitative estimate of drug-likeness (QED) is 0.823. The topological polar surface area (TPSA) is 28.2 Å². The second-order valence-corrected chi connectivity index (χ2v) is 6.33. The number of hydrogen-bond acceptors (Lipinski definition) is 3. The summed E-state index contributed by atoms with van der Waals surface area (Å²) in [5.41, 5.74) is 2.59. The van der Waals surface area contributed by atoms with Crippen LogP contribution in [0.25, 0.3) is 0 Å².